The fraction of sp³-hybridized carbons (Fsp3) is 1.00. The van der Waals surface area contributed by atoms with Crippen molar-refractivity contribution in [3.8, 4) is 0 Å². The first-order valence-corrected chi connectivity index (χ1v) is 5.29. The zero-order chi connectivity index (χ0) is 8.48. The van der Waals surface area contributed by atoms with E-state index in [0.29, 0.717) is 0 Å². The number of sulfonamides is 1. The van der Waals surface area contributed by atoms with Gasteiger partial charge in [0.15, 0.2) is 0 Å². The van der Waals surface area contributed by atoms with Crippen molar-refractivity contribution in [2.75, 3.05) is 12.8 Å². The highest BCUT2D eigenvalue weighted by Gasteiger charge is 2.32. The van der Waals surface area contributed by atoms with Gasteiger partial charge in [0.2, 0.25) is 10.0 Å². The predicted molar refractivity (Wildman–Crippen MR) is 41.6 cm³/mol. The van der Waals surface area contributed by atoms with Gasteiger partial charge in [-0.1, -0.05) is 0 Å². The van der Waals surface area contributed by atoms with Gasteiger partial charge in [0.25, 0.3) is 0 Å². The zero-order valence-corrected chi connectivity index (χ0v) is 7.26. The summed E-state index contributed by atoms with van der Waals surface area (Å²) in [6.45, 7) is 0. The summed E-state index contributed by atoms with van der Waals surface area (Å²) < 4.78 is 23.9. The highest BCUT2D eigenvalue weighted by atomic mass is 32.2. The Hall–Kier alpha value is -0.130. The first-order chi connectivity index (χ1) is 5.05. The van der Waals surface area contributed by atoms with Crippen molar-refractivity contribution in [3.05, 3.63) is 0 Å². The van der Waals surface area contributed by atoms with Crippen molar-refractivity contribution in [1.82, 2.24) is 4.72 Å². The van der Waals surface area contributed by atoms with E-state index in [-0.39, 0.29) is 11.7 Å². The van der Waals surface area contributed by atoms with Crippen LogP contribution in [0.1, 0.15) is 12.8 Å². The van der Waals surface area contributed by atoms with Crippen molar-refractivity contribution >= 4 is 10.0 Å². The fourth-order valence-corrected chi connectivity index (χ4v) is 1.81. The van der Waals surface area contributed by atoms with E-state index >= 15 is 0 Å². The number of aliphatic hydroxyl groups is 1. The molecule has 0 bridgehead atoms. The van der Waals surface area contributed by atoms with Crippen LogP contribution in [0.25, 0.3) is 0 Å². The summed E-state index contributed by atoms with van der Waals surface area (Å²) in [5, 5.41) is 9.24. The number of hydrogen-bond acceptors (Lipinski definition) is 3. The first kappa shape index (κ1) is 8.96. The van der Waals surface area contributed by atoms with E-state index in [1.807, 2.05) is 0 Å². The van der Waals surface area contributed by atoms with Gasteiger partial charge in [0.1, 0.15) is 0 Å². The molecule has 0 spiro atoms. The van der Waals surface area contributed by atoms with Gasteiger partial charge >= 0.3 is 0 Å². The maximum absolute atomic E-state index is 10.9. The van der Waals surface area contributed by atoms with Crippen molar-refractivity contribution in [1.29, 1.82) is 0 Å². The van der Waals surface area contributed by atoms with Crippen molar-refractivity contribution in [3.63, 3.8) is 0 Å². The van der Waals surface area contributed by atoms with E-state index < -0.39 is 16.1 Å². The third-order valence-corrected chi connectivity index (χ3v) is 3.27. The summed E-state index contributed by atoms with van der Waals surface area (Å²) in [6, 6.07) is 0. The topological polar surface area (TPSA) is 66.4 Å². The van der Waals surface area contributed by atoms with Gasteiger partial charge in [-0.05, 0) is 25.8 Å². The Kier molecular flexibility index (Phi) is 2.51. The Morgan fingerprint density at radius 2 is 2.18 bits per heavy atom. The van der Waals surface area contributed by atoms with Gasteiger partial charge in [-0.3, -0.25) is 0 Å². The Morgan fingerprint density at radius 1 is 1.64 bits per heavy atom. The Labute approximate surface area is 66.7 Å². The van der Waals surface area contributed by atoms with Gasteiger partial charge in [-0.25, -0.2) is 13.1 Å². The van der Waals surface area contributed by atoms with E-state index in [9.17, 15) is 13.5 Å². The summed E-state index contributed by atoms with van der Waals surface area (Å²) in [4.78, 5) is 0. The lowest BCUT2D eigenvalue weighted by Gasteiger charge is -2.07. The largest absolute Gasteiger partial charge is 0.392 e. The second-order valence-electron chi connectivity index (χ2n) is 2.89. The van der Waals surface area contributed by atoms with Gasteiger partial charge in [-0.2, -0.15) is 0 Å². The monoisotopic (exact) mass is 179 g/mol. The van der Waals surface area contributed by atoms with E-state index in [4.69, 9.17) is 0 Å². The molecule has 1 rings (SSSR count). The number of rotatable bonds is 4. The Bertz CT molecular complexity index is 220. The van der Waals surface area contributed by atoms with Crippen molar-refractivity contribution in [2.24, 2.45) is 5.92 Å². The lowest BCUT2D eigenvalue weighted by atomic mass is 10.3. The summed E-state index contributed by atoms with van der Waals surface area (Å²) in [5.41, 5.74) is 0. The average molecular weight is 179 g/mol. The quantitative estimate of drug-likeness (QED) is 0.600. The average Bonchev–Trinajstić information content (AvgIpc) is 2.67. The van der Waals surface area contributed by atoms with Crippen LogP contribution in [-0.2, 0) is 10.0 Å². The van der Waals surface area contributed by atoms with E-state index in [2.05, 4.69) is 4.72 Å². The van der Waals surface area contributed by atoms with E-state index in [1.54, 1.807) is 0 Å². The molecular formula is C6H13NO3S. The fourth-order valence-electron chi connectivity index (χ4n) is 0.925. The molecule has 1 fully saturated rings. The third-order valence-electron chi connectivity index (χ3n) is 1.87. The normalized spacial score (nSPS) is 21.6. The minimum Gasteiger partial charge on any atom is -0.392 e. The van der Waals surface area contributed by atoms with Crippen LogP contribution in [0.2, 0.25) is 0 Å². The highest BCUT2D eigenvalue weighted by Crippen LogP contribution is 2.32. The van der Waals surface area contributed by atoms with Gasteiger partial charge in [-0.15, -0.1) is 0 Å². The molecule has 1 atom stereocenters. The Balaban J connectivity index is 2.40. The third kappa shape index (κ3) is 2.76. The van der Waals surface area contributed by atoms with Crippen LogP contribution in [0.4, 0.5) is 0 Å². The number of aliphatic hydroxyl groups excluding tert-OH is 1. The molecule has 2 N–H and O–H groups in total. The number of nitrogens with one attached hydrogen (secondary N) is 1. The van der Waals surface area contributed by atoms with E-state index in [0.717, 1.165) is 12.8 Å². The van der Waals surface area contributed by atoms with E-state index in [1.165, 1.54) is 7.05 Å². The highest BCUT2D eigenvalue weighted by molar-refractivity contribution is 7.89. The molecule has 66 valence electrons. The molecule has 0 heterocycles. The van der Waals surface area contributed by atoms with Crippen molar-refractivity contribution < 1.29 is 13.5 Å². The SMILES string of the molecule is CNS(=O)(=O)CC(O)C1CC1. The minimum absolute atomic E-state index is 0.159. The molecule has 11 heavy (non-hydrogen) atoms. The molecule has 0 aromatic carbocycles. The summed E-state index contributed by atoms with van der Waals surface area (Å²) in [6.07, 6.45) is 1.24. The van der Waals surface area contributed by atoms with Gasteiger partial charge < -0.3 is 5.11 Å². The molecule has 1 aliphatic rings. The van der Waals surface area contributed by atoms with Gasteiger partial charge in [0.05, 0.1) is 11.9 Å². The second kappa shape index (κ2) is 3.08. The zero-order valence-electron chi connectivity index (χ0n) is 6.45. The maximum Gasteiger partial charge on any atom is 0.213 e. The molecular weight excluding hydrogens is 166 g/mol. The second-order valence-corrected chi connectivity index (χ2v) is 4.86. The van der Waals surface area contributed by atoms with Crippen LogP contribution < -0.4 is 4.72 Å². The lowest BCUT2D eigenvalue weighted by molar-refractivity contribution is 0.173. The summed E-state index contributed by atoms with van der Waals surface area (Å²) >= 11 is 0. The molecule has 1 saturated carbocycles. The molecule has 5 heteroatoms. The van der Waals surface area contributed by atoms with Crippen LogP contribution >= 0.6 is 0 Å². The minimum atomic E-state index is -3.22. The van der Waals surface area contributed by atoms with Crippen LogP contribution in [0, 0.1) is 5.92 Å². The standard InChI is InChI=1S/C6H13NO3S/c1-7-11(9,10)4-6(8)5-2-3-5/h5-8H,2-4H2,1H3. The van der Waals surface area contributed by atoms with Crippen LogP contribution in [0.15, 0.2) is 0 Å². The molecule has 0 aliphatic heterocycles. The molecule has 1 aliphatic carbocycles. The van der Waals surface area contributed by atoms with Gasteiger partial charge in [0, 0.05) is 0 Å². The Morgan fingerprint density at radius 3 is 2.55 bits per heavy atom. The molecule has 4 nitrogen and oxygen atoms in total. The summed E-state index contributed by atoms with van der Waals surface area (Å²) in [5.74, 6) is 0.0619. The first-order valence-electron chi connectivity index (χ1n) is 3.64. The van der Waals surface area contributed by atoms with Crippen molar-refractivity contribution in [2.45, 2.75) is 18.9 Å². The molecule has 0 radical (unpaired) electrons. The summed E-state index contributed by atoms with van der Waals surface area (Å²) in [7, 11) is -1.87. The predicted octanol–water partition coefficient (Wildman–Crippen LogP) is -0.694. The molecule has 0 amide bonds. The molecule has 1 unspecified atom stereocenters. The smallest absolute Gasteiger partial charge is 0.213 e. The number of hydrogen-bond donors (Lipinski definition) is 2. The van der Waals surface area contributed by atoms with Crippen LogP contribution in [0.3, 0.4) is 0 Å². The molecule has 0 aromatic rings. The maximum atomic E-state index is 10.9. The molecule has 0 aromatic heterocycles. The van der Waals surface area contributed by atoms with Crippen LogP contribution in [-0.4, -0.2) is 32.4 Å². The van der Waals surface area contributed by atoms with Crippen LogP contribution in [0.5, 0.6) is 0 Å². The molecule has 0 saturated heterocycles. The lowest BCUT2D eigenvalue weighted by Crippen LogP contribution is -2.30.